The number of hydrogen-bond donors (Lipinski definition) is 0. The Morgan fingerprint density at radius 2 is 2.00 bits per heavy atom. The van der Waals surface area contributed by atoms with Gasteiger partial charge >= 0.3 is 0 Å². The van der Waals surface area contributed by atoms with Gasteiger partial charge in [0.25, 0.3) is 0 Å². The van der Waals surface area contributed by atoms with Crippen molar-refractivity contribution in [1.82, 2.24) is 0 Å². The lowest BCUT2D eigenvalue weighted by molar-refractivity contribution is 0.415. The number of hydrogen-bond acceptors (Lipinski definition) is 2. The second kappa shape index (κ2) is 6.31. The Hall–Kier alpha value is -1.19. The second-order valence-corrected chi connectivity index (χ2v) is 5.35. The summed E-state index contributed by atoms with van der Waals surface area (Å²) in [5, 5.41) is 0. The third-order valence-corrected chi connectivity index (χ3v) is 3.77. The lowest BCUT2D eigenvalue weighted by Crippen LogP contribution is -2.11. The van der Waals surface area contributed by atoms with Crippen molar-refractivity contribution in [3.05, 3.63) is 52.5 Å². The highest BCUT2D eigenvalue weighted by Crippen LogP contribution is 2.32. The summed E-state index contributed by atoms with van der Waals surface area (Å²) in [5.74, 6) is 1.32. The van der Waals surface area contributed by atoms with Crippen molar-refractivity contribution in [1.29, 1.82) is 0 Å². The molecule has 19 heavy (non-hydrogen) atoms. The minimum absolute atomic E-state index is 0.483. The van der Waals surface area contributed by atoms with Gasteiger partial charge in [-0.25, -0.2) is 0 Å². The number of ether oxygens (including phenoxy) is 1. The largest absolute Gasteiger partial charge is 0.497 e. The van der Waals surface area contributed by atoms with Gasteiger partial charge < -0.3 is 9.64 Å². The number of benzene rings is 2. The predicted molar refractivity (Wildman–Crippen MR) is 84.8 cm³/mol. The van der Waals surface area contributed by atoms with E-state index in [0.717, 1.165) is 27.2 Å². The van der Waals surface area contributed by atoms with Gasteiger partial charge in [0, 0.05) is 34.8 Å². The molecule has 2 nitrogen and oxygen atoms in total. The van der Waals surface area contributed by atoms with Crippen LogP contribution in [0.3, 0.4) is 0 Å². The number of methoxy groups -OCH3 is 1. The minimum atomic E-state index is 0.483. The molecule has 0 amide bonds. The fourth-order valence-corrected chi connectivity index (χ4v) is 2.50. The average molecular weight is 341 g/mol. The number of anilines is 2. The van der Waals surface area contributed by atoms with Crippen LogP contribution in [0.2, 0.25) is 0 Å². The van der Waals surface area contributed by atoms with Crippen molar-refractivity contribution in [3.63, 3.8) is 0 Å². The summed E-state index contributed by atoms with van der Waals surface area (Å²) < 4.78 is 6.29. The van der Waals surface area contributed by atoms with Crippen molar-refractivity contribution in [3.8, 4) is 5.75 Å². The van der Waals surface area contributed by atoms with Crippen molar-refractivity contribution < 1.29 is 4.74 Å². The molecule has 100 valence electrons. The van der Waals surface area contributed by atoms with E-state index in [1.54, 1.807) is 7.11 Å². The molecule has 0 unspecified atom stereocenters. The van der Waals surface area contributed by atoms with Gasteiger partial charge in [0.1, 0.15) is 5.75 Å². The second-order valence-electron chi connectivity index (χ2n) is 4.17. The Morgan fingerprint density at radius 1 is 1.21 bits per heavy atom. The molecule has 0 aromatic heterocycles. The molecule has 0 atom stereocenters. The minimum Gasteiger partial charge on any atom is -0.497 e. The zero-order chi connectivity index (χ0) is 13.8. The summed E-state index contributed by atoms with van der Waals surface area (Å²) in [5.41, 5.74) is 3.23. The quantitative estimate of drug-likeness (QED) is 0.729. The normalized spacial score (nSPS) is 10.3. The van der Waals surface area contributed by atoms with Crippen LogP contribution in [0.15, 0.2) is 46.9 Å². The maximum absolute atomic E-state index is 6.01. The molecule has 0 aliphatic carbocycles. The van der Waals surface area contributed by atoms with Gasteiger partial charge in [-0.2, -0.15) is 0 Å². The molecule has 0 N–H and O–H groups in total. The van der Waals surface area contributed by atoms with Crippen LogP contribution in [-0.2, 0) is 5.88 Å². The summed E-state index contributed by atoms with van der Waals surface area (Å²) in [4.78, 5) is 2.10. The van der Waals surface area contributed by atoms with Crippen LogP contribution in [0, 0.1) is 0 Å². The van der Waals surface area contributed by atoms with Crippen molar-refractivity contribution in [2.24, 2.45) is 0 Å². The van der Waals surface area contributed by atoms with Gasteiger partial charge in [0.15, 0.2) is 0 Å². The van der Waals surface area contributed by atoms with E-state index in [4.69, 9.17) is 16.3 Å². The van der Waals surface area contributed by atoms with Gasteiger partial charge in [0.05, 0.1) is 7.11 Å². The summed E-state index contributed by atoms with van der Waals surface area (Å²) in [6.45, 7) is 0. The topological polar surface area (TPSA) is 12.5 Å². The Morgan fingerprint density at radius 3 is 2.68 bits per heavy atom. The first-order valence-corrected chi connectivity index (χ1v) is 7.20. The smallest absolute Gasteiger partial charge is 0.120 e. The average Bonchev–Trinajstić information content (AvgIpc) is 2.46. The molecule has 2 aromatic carbocycles. The molecular weight excluding hydrogens is 326 g/mol. The van der Waals surface area contributed by atoms with E-state index in [-0.39, 0.29) is 0 Å². The van der Waals surface area contributed by atoms with Crippen molar-refractivity contribution in [2.45, 2.75) is 5.88 Å². The SMILES string of the molecule is COc1cccc(N(C)c2cc(Br)ccc2CCl)c1. The molecule has 0 aliphatic heterocycles. The van der Waals surface area contributed by atoms with Crippen molar-refractivity contribution >= 4 is 38.9 Å². The maximum Gasteiger partial charge on any atom is 0.120 e. The van der Waals surface area contributed by atoms with E-state index in [0.29, 0.717) is 5.88 Å². The van der Waals surface area contributed by atoms with Gasteiger partial charge in [-0.05, 0) is 29.8 Å². The van der Waals surface area contributed by atoms with Crippen LogP contribution < -0.4 is 9.64 Å². The molecule has 0 radical (unpaired) electrons. The van der Waals surface area contributed by atoms with Crippen LogP contribution in [0.1, 0.15) is 5.56 Å². The Bertz CT molecular complexity index is 574. The van der Waals surface area contributed by atoms with E-state index in [2.05, 4.69) is 26.9 Å². The predicted octanol–water partition coefficient (Wildman–Crippen LogP) is 4.96. The summed E-state index contributed by atoms with van der Waals surface area (Å²) in [7, 11) is 3.69. The van der Waals surface area contributed by atoms with Gasteiger partial charge in [-0.15, -0.1) is 11.6 Å². The van der Waals surface area contributed by atoms with Crippen LogP contribution >= 0.6 is 27.5 Å². The van der Waals surface area contributed by atoms with Gasteiger partial charge in [-0.3, -0.25) is 0 Å². The van der Waals surface area contributed by atoms with Crippen LogP contribution in [-0.4, -0.2) is 14.2 Å². The highest BCUT2D eigenvalue weighted by molar-refractivity contribution is 9.10. The molecule has 0 spiro atoms. The Kier molecular flexibility index (Phi) is 4.72. The van der Waals surface area contributed by atoms with E-state index >= 15 is 0 Å². The number of alkyl halides is 1. The highest BCUT2D eigenvalue weighted by Gasteiger charge is 2.10. The molecular formula is C15H15BrClNO. The number of halogens is 2. The van der Waals surface area contributed by atoms with Gasteiger partial charge in [-0.1, -0.05) is 28.1 Å². The number of rotatable bonds is 4. The molecule has 2 rings (SSSR count). The third kappa shape index (κ3) is 3.23. The fourth-order valence-electron chi connectivity index (χ4n) is 1.92. The zero-order valence-electron chi connectivity index (χ0n) is 10.9. The lowest BCUT2D eigenvalue weighted by Gasteiger charge is -2.23. The van der Waals surface area contributed by atoms with Gasteiger partial charge in [0.2, 0.25) is 0 Å². The molecule has 0 saturated heterocycles. The first kappa shape index (κ1) is 14.2. The Labute approximate surface area is 127 Å². The molecule has 0 bridgehead atoms. The standard InChI is InChI=1S/C15H15BrClNO/c1-18(13-4-3-5-14(9-13)19-2)15-8-12(16)7-6-11(15)10-17/h3-9H,10H2,1-2H3. The molecule has 0 aliphatic rings. The first-order valence-electron chi connectivity index (χ1n) is 5.88. The summed E-state index contributed by atoms with van der Waals surface area (Å²) >= 11 is 9.51. The van der Waals surface area contributed by atoms with E-state index in [1.807, 2.05) is 43.4 Å². The fraction of sp³-hybridized carbons (Fsp3) is 0.200. The molecule has 0 fully saturated rings. The lowest BCUT2D eigenvalue weighted by atomic mass is 10.1. The summed E-state index contributed by atoms with van der Waals surface area (Å²) in [6, 6.07) is 14.0. The van der Waals surface area contributed by atoms with Crippen LogP contribution in [0.25, 0.3) is 0 Å². The maximum atomic E-state index is 6.01. The molecule has 2 aromatic rings. The molecule has 4 heteroatoms. The van der Waals surface area contributed by atoms with E-state index in [9.17, 15) is 0 Å². The zero-order valence-corrected chi connectivity index (χ0v) is 13.2. The highest BCUT2D eigenvalue weighted by atomic mass is 79.9. The van der Waals surface area contributed by atoms with Crippen LogP contribution in [0.4, 0.5) is 11.4 Å². The van der Waals surface area contributed by atoms with Crippen LogP contribution in [0.5, 0.6) is 5.75 Å². The summed E-state index contributed by atoms with van der Waals surface area (Å²) in [6.07, 6.45) is 0. The molecule has 0 saturated carbocycles. The van der Waals surface area contributed by atoms with E-state index < -0.39 is 0 Å². The van der Waals surface area contributed by atoms with E-state index in [1.165, 1.54) is 0 Å². The monoisotopic (exact) mass is 339 g/mol. The van der Waals surface area contributed by atoms with Crippen molar-refractivity contribution in [2.75, 3.05) is 19.1 Å². The Balaban J connectivity index is 2.42. The molecule has 0 heterocycles. The number of nitrogens with zero attached hydrogens (tertiary/aromatic N) is 1. The first-order chi connectivity index (χ1) is 9.15. The third-order valence-electron chi connectivity index (χ3n) is 2.99.